The number of nitrogens with zero attached hydrogens (tertiary/aromatic N) is 2. The summed E-state index contributed by atoms with van der Waals surface area (Å²) in [7, 11) is -9.71. The van der Waals surface area contributed by atoms with E-state index in [4.69, 9.17) is 0 Å². The van der Waals surface area contributed by atoms with E-state index in [9.17, 15) is 35.8 Å². The van der Waals surface area contributed by atoms with Crippen LogP contribution in [-0.2, 0) is 25.0 Å². The van der Waals surface area contributed by atoms with Crippen LogP contribution < -0.4 is 5.32 Å². The Morgan fingerprint density at radius 1 is 0.909 bits per heavy atom. The minimum absolute atomic E-state index is 0. The summed E-state index contributed by atoms with van der Waals surface area (Å²) in [5, 5.41) is 20.2. The molecule has 1 amide bonds. The number of hydrogen-bond acceptors (Lipinski definition) is 8. The molecule has 0 saturated heterocycles. The van der Waals surface area contributed by atoms with Gasteiger partial charge in [-0.1, -0.05) is 18.2 Å². The maximum absolute atomic E-state index is 11.9. The molecule has 3 aromatic rings. The van der Waals surface area contributed by atoms with E-state index in [2.05, 4.69) is 15.5 Å². The average Bonchev–Trinajstić information content (AvgIpc) is 2.65. The van der Waals surface area contributed by atoms with Crippen LogP contribution in [0.25, 0.3) is 10.8 Å². The molecule has 0 radical (unpaired) electrons. The number of azo groups is 1. The zero-order chi connectivity index (χ0) is 23.0. The third-order valence-electron chi connectivity index (χ3n) is 4.03. The number of rotatable bonds is 5. The summed E-state index contributed by atoms with van der Waals surface area (Å²) in [6, 6.07) is 10.7. The van der Waals surface area contributed by atoms with Crippen molar-refractivity contribution >= 4 is 113 Å². The first-order valence-corrected chi connectivity index (χ1v) is 11.3. The van der Waals surface area contributed by atoms with Crippen LogP contribution in [0.1, 0.15) is 6.92 Å². The molecule has 0 aliphatic carbocycles. The van der Waals surface area contributed by atoms with Gasteiger partial charge in [-0.15, -0.1) is 5.11 Å². The summed E-state index contributed by atoms with van der Waals surface area (Å²) >= 11 is 0. The number of benzene rings is 3. The van der Waals surface area contributed by atoms with Gasteiger partial charge >= 0.3 is 59.1 Å². The van der Waals surface area contributed by atoms with E-state index in [0.717, 1.165) is 25.1 Å². The molecule has 166 valence electrons. The van der Waals surface area contributed by atoms with Crippen molar-refractivity contribution in [2.45, 2.75) is 16.7 Å². The van der Waals surface area contributed by atoms with Gasteiger partial charge in [0.05, 0.1) is 16.3 Å². The molecule has 15 heteroatoms. The molecule has 3 rings (SSSR count). The zero-order valence-corrected chi connectivity index (χ0v) is 17.3. The van der Waals surface area contributed by atoms with Crippen LogP contribution in [0.4, 0.5) is 17.1 Å². The summed E-state index contributed by atoms with van der Waals surface area (Å²) in [5.74, 6) is -1.44. The molecule has 0 unspecified atom stereocenters. The third kappa shape index (κ3) is 7.05. The molecule has 0 atom stereocenters. The number of phenolic OH excluding ortho intramolecular Hbond substituents is 1. The number of carbonyl (C=O) groups excluding carboxylic acids is 1. The molecule has 11 nitrogen and oxygen atoms in total. The molecular weight excluding hydrogens is 496 g/mol. The van der Waals surface area contributed by atoms with Gasteiger partial charge in [-0.25, -0.2) is 0 Å². The van der Waals surface area contributed by atoms with Crippen molar-refractivity contribution in [3.63, 3.8) is 0 Å². The Hall–Kier alpha value is -1.39. The van der Waals surface area contributed by atoms with Crippen LogP contribution in [0.5, 0.6) is 5.75 Å². The van der Waals surface area contributed by atoms with Crippen LogP contribution in [0.3, 0.4) is 0 Å². The first-order chi connectivity index (χ1) is 14.4. The molecule has 0 aliphatic heterocycles. The standard InChI is InChI=1S/C18H15N3O8S2.2Na.2H/c1-10(22)19-14-9-13(30(24,25)26)7-11-8-15(31(27,28)29)17(18(23)16(11)14)21-20-12-5-3-2-4-6-12;;;;/h2-9,23H,1H3,(H,19,22)(H,24,25,26)(H,27,28,29);;;;. The fraction of sp³-hybridized carbons (Fsp3) is 0.0556. The number of phenols is 1. The van der Waals surface area contributed by atoms with Crippen LogP contribution in [0, 0.1) is 0 Å². The van der Waals surface area contributed by atoms with Crippen molar-refractivity contribution in [2.24, 2.45) is 10.2 Å². The number of carbonyl (C=O) groups is 1. The van der Waals surface area contributed by atoms with E-state index in [1.54, 1.807) is 30.3 Å². The molecule has 0 aromatic heterocycles. The average molecular weight is 513 g/mol. The number of anilines is 1. The van der Waals surface area contributed by atoms with E-state index in [1.807, 2.05) is 0 Å². The predicted molar refractivity (Wildman–Crippen MR) is 124 cm³/mol. The molecule has 3 aromatic carbocycles. The minimum atomic E-state index is -4.95. The fourth-order valence-corrected chi connectivity index (χ4v) is 3.99. The van der Waals surface area contributed by atoms with E-state index in [-0.39, 0.29) is 75.6 Å². The second kappa shape index (κ2) is 11.4. The molecule has 0 saturated carbocycles. The topological polar surface area (TPSA) is 183 Å². The monoisotopic (exact) mass is 513 g/mol. The van der Waals surface area contributed by atoms with Gasteiger partial charge in [-0.2, -0.15) is 21.9 Å². The summed E-state index contributed by atoms with van der Waals surface area (Å²) in [6.45, 7) is 1.12. The number of fused-ring (bicyclic) bond motifs is 1. The van der Waals surface area contributed by atoms with Gasteiger partial charge in [0.1, 0.15) is 10.6 Å². The Kier molecular flexibility index (Phi) is 10.2. The van der Waals surface area contributed by atoms with E-state index in [1.165, 1.54) is 0 Å². The molecule has 0 fully saturated rings. The van der Waals surface area contributed by atoms with Gasteiger partial charge in [-0.3, -0.25) is 13.9 Å². The van der Waals surface area contributed by atoms with Crippen LogP contribution in [0.15, 0.2) is 68.6 Å². The van der Waals surface area contributed by atoms with Crippen molar-refractivity contribution in [3.8, 4) is 5.75 Å². The van der Waals surface area contributed by atoms with Crippen molar-refractivity contribution < 1.29 is 35.8 Å². The third-order valence-corrected chi connectivity index (χ3v) is 5.73. The summed E-state index contributed by atoms with van der Waals surface area (Å²) in [4.78, 5) is 10.0. The molecular formula is C18H17N3Na2O8S2. The van der Waals surface area contributed by atoms with Crippen LogP contribution in [-0.4, -0.2) is 96.1 Å². The zero-order valence-electron chi connectivity index (χ0n) is 15.7. The van der Waals surface area contributed by atoms with Gasteiger partial charge in [0, 0.05) is 12.3 Å². The number of amides is 1. The first-order valence-electron chi connectivity index (χ1n) is 8.41. The van der Waals surface area contributed by atoms with Crippen molar-refractivity contribution in [1.29, 1.82) is 0 Å². The fourth-order valence-electron chi connectivity index (χ4n) is 2.79. The molecule has 4 N–H and O–H groups in total. The summed E-state index contributed by atoms with van der Waals surface area (Å²) in [6.07, 6.45) is 0. The van der Waals surface area contributed by atoms with Gasteiger partial charge in [0.25, 0.3) is 20.2 Å². The van der Waals surface area contributed by atoms with E-state index >= 15 is 0 Å². The normalized spacial score (nSPS) is 11.6. The molecule has 0 spiro atoms. The molecule has 0 bridgehead atoms. The van der Waals surface area contributed by atoms with Crippen LogP contribution >= 0.6 is 0 Å². The van der Waals surface area contributed by atoms with Gasteiger partial charge in [-0.05, 0) is 35.7 Å². The van der Waals surface area contributed by atoms with Crippen molar-refractivity contribution in [1.82, 2.24) is 0 Å². The Labute approximate surface area is 233 Å². The number of nitrogens with one attached hydrogen (secondary N) is 1. The maximum atomic E-state index is 11.9. The Balaban J connectivity index is 0.00000272. The van der Waals surface area contributed by atoms with Crippen LogP contribution in [0.2, 0.25) is 0 Å². The van der Waals surface area contributed by atoms with Gasteiger partial charge in [0.15, 0.2) is 5.75 Å². The Morgan fingerprint density at radius 2 is 1.52 bits per heavy atom. The SMILES string of the molecule is CC(=O)Nc1cc(S(=O)(=O)O)cc2cc(S(=O)(=O)O)c(N=Nc3ccccc3)c(O)c12.[NaH].[NaH]. The predicted octanol–water partition coefficient (Wildman–Crippen LogP) is 2.12. The number of aromatic hydroxyl groups is 1. The number of hydrogen-bond donors (Lipinski definition) is 4. The second-order valence-electron chi connectivity index (χ2n) is 6.31. The molecule has 0 aliphatic rings. The van der Waals surface area contributed by atoms with Crippen molar-refractivity contribution in [2.75, 3.05) is 5.32 Å². The quantitative estimate of drug-likeness (QED) is 0.227. The van der Waals surface area contributed by atoms with Gasteiger partial charge in [0.2, 0.25) is 5.91 Å². The second-order valence-corrected chi connectivity index (χ2v) is 9.12. The Bertz CT molecular complexity index is 1440. The van der Waals surface area contributed by atoms with E-state index in [0.29, 0.717) is 5.69 Å². The first kappa shape index (κ1) is 29.6. The molecule has 33 heavy (non-hydrogen) atoms. The summed E-state index contributed by atoms with van der Waals surface area (Å²) < 4.78 is 66.0. The van der Waals surface area contributed by atoms with E-state index < -0.39 is 47.4 Å². The van der Waals surface area contributed by atoms with Crippen molar-refractivity contribution in [3.05, 3.63) is 48.5 Å². The van der Waals surface area contributed by atoms with Gasteiger partial charge < -0.3 is 10.4 Å². The summed E-state index contributed by atoms with van der Waals surface area (Å²) in [5.41, 5.74) is -0.565. The Morgan fingerprint density at radius 3 is 2.03 bits per heavy atom. The molecule has 0 heterocycles.